The number of ether oxygens (including phenoxy) is 3. The average molecular weight is 727 g/mol. The number of hydrogen-bond donors (Lipinski definition) is 1. The Bertz CT molecular complexity index is 1120. The number of carboxylic acid groups (broad SMARTS) is 1. The number of esters is 2. The molecule has 0 spiro atoms. The van der Waals surface area contributed by atoms with Gasteiger partial charge < -0.3 is 23.8 Å². The summed E-state index contributed by atoms with van der Waals surface area (Å²) in [6, 6.07) is -0.628. The minimum atomic E-state index is -0.891. The zero-order chi connectivity index (χ0) is 38.5. The molecule has 0 saturated carbocycles. The van der Waals surface area contributed by atoms with Crippen LogP contribution in [0.3, 0.4) is 0 Å². The maximum atomic E-state index is 12.6. The van der Waals surface area contributed by atoms with Crippen LogP contribution in [0.15, 0.2) is 85.1 Å². The lowest BCUT2D eigenvalue weighted by Crippen LogP contribution is -2.50. The van der Waals surface area contributed by atoms with Crippen LogP contribution in [0.1, 0.15) is 123 Å². The van der Waals surface area contributed by atoms with Crippen LogP contribution in [-0.4, -0.2) is 80.6 Å². The first-order valence-corrected chi connectivity index (χ1v) is 19.6. The van der Waals surface area contributed by atoms with Gasteiger partial charge in [0.2, 0.25) is 0 Å². The van der Waals surface area contributed by atoms with Gasteiger partial charge in [-0.1, -0.05) is 105 Å². The quantitative estimate of drug-likeness (QED) is 0.0311. The van der Waals surface area contributed by atoms with Crippen molar-refractivity contribution < 1.29 is 38.2 Å². The van der Waals surface area contributed by atoms with E-state index in [1.807, 2.05) is 21.1 Å². The molecule has 0 aromatic rings. The maximum absolute atomic E-state index is 12.6. The molecule has 52 heavy (non-hydrogen) atoms. The summed E-state index contributed by atoms with van der Waals surface area (Å²) in [5.41, 5.74) is 0. The molecule has 2 atom stereocenters. The van der Waals surface area contributed by atoms with Gasteiger partial charge in [0.15, 0.2) is 12.1 Å². The van der Waals surface area contributed by atoms with Crippen LogP contribution in [0.4, 0.5) is 0 Å². The molecule has 0 radical (unpaired) electrons. The first-order valence-electron chi connectivity index (χ1n) is 19.6. The van der Waals surface area contributed by atoms with E-state index in [0.29, 0.717) is 19.3 Å². The van der Waals surface area contributed by atoms with Gasteiger partial charge in [-0.2, -0.15) is 0 Å². The van der Waals surface area contributed by atoms with Crippen molar-refractivity contribution in [3.63, 3.8) is 0 Å². The third-order valence-electron chi connectivity index (χ3n) is 8.04. The molecule has 0 amide bonds. The highest BCUT2D eigenvalue weighted by Gasteiger charge is 2.31. The number of nitrogens with zero attached hydrogens (tertiary/aromatic N) is 1. The predicted molar refractivity (Wildman–Crippen MR) is 215 cm³/mol. The summed E-state index contributed by atoms with van der Waals surface area (Å²) in [5, 5.41) is 9.58. The Labute approximate surface area is 316 Å². The highest BCUT2D eigenvalue weighted by Crippen LogP contribution is 2.11. The largest absolute Gasteiger partial charge is 0.477 e. The maximum Gasteiger partial charge on any atom is 0.362 e. The van der Waals surface area contributed by atoms with Crippen LogP contribution in [0.25, 0.3) is 0 Å². The van der Waals surface area contributed by atoms with Crippen molar-refractivity contribution >= 4 is 17.9 Å². The third-order valence-corrected chi connectivity index (χ3v) is 8.04. The van der Waals surface area contributed by atoms with E-state index >= 15 is 0 Å². The first kappa shape index (κ1) is 48.5. The van der Waals surface area contributed by atoms with Crippen LogP contribution in [-0.2, 0) is 28.6 Å². The fraction of sp³-hybridized carbons (Fsp3) is 0.614. The van der Waals surface area contributed by atoms with Gasteiger partial charge in [0.05, 0.1) is 34.4 Å². The van der Waals surface area contributed by atoms with Crippen molar-refractivity contribution in [2.45, 2.75) is 135 Å². The molecule has 0 bridgehead atoms. The van der Waals surface area contributed by atoms with Crippen LogP contribution in [0.2, 0.25) is 0 Å². The van der Waals surface area contributed by atoms with Gasteiger partial charge in [-0.15, -0.1) is 0 Å². The predicted octanol–water partition coefficient (Wildman–Crippen LogP) is 10.2. The molecule has 294 valence electrons. The highest BCUT2D eigenvalue weighted by atomic mass is 16.6. The highest BCUT2D eigenvalue weighted by molar-refractivity contribution is 5.72. The van der Waals surface area contributed by atoms with Crippen molar-refractivity contribution in [1.82, 2.24) is 0 Å². The molecule has 1 N–H and O–H groups in total. The van der Waals surface area contributed by atoms with E-state index in [1.54, 1.807) is 0 Å². The summed E-state index contributed by atoms with van der Waals surface area (Å²) < 4.78 is 17.1. The van der Waals surface area contributed by atoms with Crippen LogP contribution in [0.5, 0.6) is 0 Å². The van der Waals surface area contributed by atoms with Crippen molar-refractivity contribution in [3.8, 4) is 0 Å². The molecule has 0 aromatic heterocycles. The summed E-state index contributed by atoms with van der Waals surface area (Å²) in [5.74, 6) is -1.57. The van der Waals surface area contributed by atoms with Gasteiger partial charge in [-0.25, -0.2) is 4.79 Å². The van der Waals surface area contributed by atoms with Crippen LogP contribution < -0.4 is 0 Å². The lowest BCUT2D eigenvalue weighted by atomic mass is 10.1. The SMILES string of the molecule is CC/C=C/C/C=C/C/C=C/C/C=C/C/C=C/CCCCCC(=O)OCC(COCCC(C(=O)O)[N+](C)(C)C)OC(=O)CCCC/C=C/C/C=C/CC. The Morgan fingerprint density at radius 1 is 0.577 bits per heavy atom. The van der Waals surface area contributed by atoms with Crippen molar-refractivity contribution in [2.75, 3.05) is 41.0 Å². The second-order valence-corrected chi connectivity index (χ2v) is 13.8. The van der Waals surface area contributed by atoms with Gasteiger partial charge in [0.25, 0.3) is 0 Å². The van der Waals surface area contributed by atoms with E-state index in [4.69, 9.17) is 14.2 Å². The smallest absolute Gasteiger partial charge is 0.362 e. The van der Waals surface area contributed by atoms with Gasteiger partial charge in [-0.05, 0) is 83.5 Å². The Balaban J connectivity index is 4.44. The van der Waals surface area contributed by atoms with Crippen LogP contribution >= 0.6 is 0 Å². The molecule has 0 saturated heterocycles. The zero-order valence-electron chi connectivity index (χ0n) is 33.2. The summed E-state index contributed by atoms with van der Waals surface area (Å²) in [4.78, 5) is 36.7. The standard InChI is InChI=1S/C44H71NO7/c1-6-8-10-12-14-16-17-18-19-20-21-22-23-24-25-27-28-30-32-34-42(46)51-39-40(38-50-37-36-41(44(48)49)45(3,4)5)52-43(47)35-33-31-29-26-15-13-11-9-7-2/h8-11,14-16,18-19,21-22,24-26,40-41H,6-7,12-13,17,20,23,27-39H2,1-5H3/p+1/b10-8+,11-9+,16-14+,19-18+,22-21+,25-24+,26-15+. The van der Waals surface area contributed by atoms with Gasteiger partial charge in [0.1, 0.15) is 6.61 Å². The molecule has 8 heteroatoms. The summed E-state index contributed by atoms with van der Waals surface area (Å²) in [7, 11) is 5.48. The zero-order valence-corrected chi connectivity index (χ0v) is 33.2. The number of likely N-dealkylation sites (N-methyl/N-ethyl adjacent to an activating group) is 1. The van der Waals surface area contributed by atoms with E-state index in [-0.39, 0.29) is 42.7 Å². The molecule has 0 aliphatic heterocycles. The van der Waals surface area contributed by atoms with E-state index in [9.17, 15) is 19.5 Å². The monoisotopic (exact) mass is 727 g/mol. The Hall–Kier alpha value is -3.49. The second-order valence-electron chi connectivity index (χ2n) is 13.8. The summed E-state index contributed by atoms with van der Waals surface area (Å²) in [6.45, 7) is 4.39. The van der Waals surface area contributed by atoms with Gasteiger partial charge in [-0.3, -0.25) is 9.59 Å². The van der Waals surface area contributed by atoms with Crippen molar-refractivity contribution in [1.29, 1.82) is 0 Å². The Morgan fingerprint density at radius 2 is 1.02 bits per heavy atom. The normalized spacial score (nSPS) is 13.9. The number of hydrogen-bond acceptors (Lipinski definition) is 6. The number of quaternary nitrogens is 1. The molecule has 2 unspecified atom stereocenters. The number of rotatable bonds is 33. The van der Waals surface area contributed by atoms with Gasteiger partial charge >= 0.3 is 17.9 Å². The molecule has 0 fully saturated rings. The molecule has 0 aromatic carbocycles. The summed E-state index contributed by atoms with van der Waals surface area (Å²) in [6.07, 6.45) is 43.6. The van der Waals surface area contributed by atoms with E-state index in [1.165, 1.54) is 0 Å². The fourth-order valence-electron chi connectivity index (χ4n) is 5.03. The number of aliphatic carboxylic acids is 1. The number of carbonyl (C=O) groups excluding carboxylic acids is 2. The number of unbranched alkanes of at least 4 members (excludes halogenated alkanes) is 5. The summed E-state index contributed by atoms with van der Waals surface area (Å²) >= 11 is 0. The molecule has 0 aliphatic carbocycles. The Morgan fingerprint density at radius 3 is 1.50 bits per heavy atom. The van der Waals surface area contributed by atoms with E-state index in [0.717, 1.165) is 83.5 Å². The fourth-order valence-corrected chi connectivity index (χ4v) is 5.03. The van der Waals surface area contributed by atoms with E-state index < -0.39 is 18.1 Å². The number of carbonyl (C=O) groups is 3. The van der Waals surface area contributed by atoms with Gasteiger partial charge in [0, 0.05) is 19.3 Å². The molecule has 8 nitrogen and oxygen atoms in total. The molecule has 0 heterocycles. The lowest BCUT2D eigenvalue weighted by molar-refractivity contribution is -0.887. The number of allylic oxidation sites excluding steroid dienone is 14. The number of carboxylic acids is 1. The third kappa shape index (κ3) is 32.4. The average Bonchev–Trinajstić information content (AvgIpc) is 3.09. The van der Waals surface area contributed by atoms with E-state index in [2.05, 4.69) is 98.9 Å². The Kier molecular flexibility index (Phi) is 32.3. The minimum absolute atomic E-state index is 0.0315. The molecular weight excluding hydrogens is 654 g/mol. The topological polar surface area (TPSA) is 99.1 Å². The van der Waals surface area contributed by atoms with Crippen molar-refractivity contribution in [2.24, 2.45) is 0 Å². The molecular formula is C44H72NO7+. The second kappa shape index (κ2) is 34.6. The minimum Gasteiger partial charge on any atom is -0.477 e. The van der Waals surface area contributed by atoms with Crippen LogP contribution in [0, 0.1) is 0 Å². The van der Waals surface area contributed by atoms with Crippen molar-refractivity contribution in [3.05, 3.63) is 85.1 Å². The lowest BCUT2D eigenvalue weighted by Gasteiger charge is -2.31. The molecule has 0 rings (SSSR count). The first-order chi connectivity index (χ1) is 25.1. The molecule has 0 aliphatic rings.